The average molecular weight is 373 g/mol. The molecule has 6 nitrogen and oxygen atoms in total. The zero-order valence-corrected chi connectivity index (χ0v) is 16.9. The Labute approximate surface area is 161 Å². The Hall–Kier alpha value is -2.24. The second kappa shape index (κ2) is 7.79. The number of likely N-dealkylation sites (N-methyl/N-ethyl adjacent to an activating group) is 1. The van der Waals surface area contributed by atoms with Crippen LogP contribution in [0.2, 0.25) is 0 Å². The molecule has 1 atom stereocenters. The van der Waals surface area contributed by atoms with Gasteiger partial charge in [0.2, 0.25) is 5.91 Å². The fourth-order valence-corrected chi connectivity index (χ4v) is 3.82. The van der Waals surface area contributed by atoms with E-state index in [1.807, 2.05) is 32.9 Å². The molecule has 2 aliphatic rings. The lowest BCUT2D eigenvalue weighted by Gasteiger charge is -2.35. The van der Waals surface area contributed by atoms with Crippen molar-refractivity contribution in [3.05, 3.63) is 23.8 Å². The lowest BCUT2D eigenvalue weighted by molar-refractivity contribution is -0.122. The van der Waals surface area contributed by atoms with Gasteiger partial charge in [-0.3, -0.25) is 9.69 Å². The number of nitrogens with one attached hydrogen (secondary N) is 1. The Balaban J connectivity index is 1.71. The number of amides is 2. The lowest BCUT2D eigenvalue weighted by atomic mass is 10.0. The molecule has 6 heteroatoms. The van der Waals surface area contributed by atoms with E-state index >= 15 is 0 Å². The second-order valence-electron chi connectivity index (χ2n) is 8.35. The maximum atomic E-state index is 12.9. The number of fused-ring (bicyclic) bond motifs is 1. The van der Waals surface area contributed by atoms with Gasteiger partial charge in [-0.15, -0.1) is 0 Å². The Kier molecular flexibility index (Phi) is 5.63. The van der Waals surface area contributed by atoms with Crippen LogP contribution < -0.4 is 10.2 Å². The van der Waals surface area contributed by atoms with Gasteiger partial charge in [-0.2, -0.15) is 0 Å². The van der Waals surface area contributed by atoms with E-state index in [-0.39, 0.29) is 5.91 Å². The van der Waals surface area contributed by atoms with Crippen molar-refractivity contribution in [2.45, 2.75) is 65.0 Å². The first kappa shape index (κ1) is 19.5. The van der Waals surface area contributed by atoms with E-state index in [2.05, 4.69) is 23.2 Å². The SMILES string of the molecule is CCN1CCc2ccc(NC(=O)C3CCCCN3C(=O)OC(C)(C)C)cc21. The van der Waals surface area contributed by atoms with Crippen molar-refractivity contribution in [3.63, 3.8) is 0 Å². The Morgan fingerprint density at radius 3 is 2.70 bits per heavy atom. The molecule has 2 heterocycles. The van der Waals surface area contributed by atoms with Gasteiger partial charge < -0.3 is 15.0 Å². The molecule has 1 fully saturated rings. The molecule has 1 aromatic carbocycles. The Bertz CT molecular complexity index is 711. The van der Waals surface area contributed by atoms with E-state index in [0.29, 0.717) is 13.0 Å². The molecular weight excluding hydrogens is 342 g/mol. The third kappa shape index (κ3) is 4.54. The summed E-state index contributed by atoms with van der Waals surface area (Å²) >= 11 is 0. The molecule has 1 saturated heterocycles. The van der Waals surface area contributed by atoms with Crippen LogP contribution in [-0.2, 0) is 16.0 Å². The summed E-state index contributed by atoms with van der Waals surface area (Å²) in [5.74, 6) is -0.137. The number of likely N-dealkylation sites (tertiary alicyclic amines) is 1. The highest BCUT2D eigenvalue weighted by Crippen LogP contribution is 2.31. The molecule has 0 radical (unpaired) electrons. The van der Waals surface area contributed by atoms with E-state index in [1.165, 1.54) is 11.3 Å². The molecule has 1 aromatic rings. The summed E-state index contributed by atoms with van der Waals surface area (Å²) in [7, 11) is 0. The van der Waals surface area contributed by atoms with Crippen LogP contribution in [0.4, 0.5) is 16.2 Å². The summed E-state index contributed by atoms with van der Waals surface area (Å²) in [6, 6.07) is 5.61. The molecule has 0 bridgehead atoms. The average Bonchev–Trinajstić information content (AvgIpc) is 3.02. The van der Waals surface area contributed by atoms with Crippen molar-refractivity contribution in [3.8, 4) is 0 Å². The minimum absolute atomic E-state index is 0.137. The van der Waals surface area contributed by atoms with Crippen LogP contribution in [0.1, 0.15) is 52.5 Å². The third-order valence-corrected chi connectivity index (χ3v) is 5.16. The van der Waals surface area contributed by atoms with Crippen molar-refractivity contribution in [2.75, 3.05) is 29.9 Å². The van der Waals surface area contributed by atoms with E-state index in [4.69, 9.17) is 4.74 Å². The van der Waals surface area contributed by atoms with Crippen molar-refractivity contribution >= 4 is 23.4 Å². The molecule has 0 spiro atoms. The first-order valence-corrected chi connectivity index (χ1v) is 9.97. The van der Waals surface area contributed by atoms with Crippen LogP contribution >= 0.6 is 0 Å². The Morgan fingerprint density at radius 2 is 2.00 bits per heavy atom. The summed E-state index contributed by atoms with van der Waals surface area (Å²) in [6.07, 6.45) is 3.13. The van der Waals surface area contributed by atoms with Crippen LogP contribution in [0.25, 0.3) is 0 Å². The quantitative estimate of drug-likeness (QED) is 0.875. The van der Waals surface area contributed by atoms with Crippen LogP contribution in [0.5, 0.6) is 0 Å². The number of carbonyl (C=O) groups excluding carboxylic acids is 2. The highest BCUT2D eigenvalue weighted by atomic mass is 16.6. The fourth-order valence-electron chi connectivity index (χ4n) is 3.82. The van der Waals surface area contributed by atoms with Gasteiger partial charge in [0.05, 0.1) is 0 Å². The van der Waals surface area contributed by atoms with Gasteiger partial charge >= 0.3 is 6.09 Å². The first-order chi connectivity index (χ1) is 12.8. The van der Waals surface area contributed by atoms with Gasteiger partial charge in [-0.05, 0) is 71.1 Å². The summed E-state index contributed by atoms with van der Waals surface area (Å²) < 4.78 is 5.50. The topological polar surface area (TPSA) is 61.9 Å². The van der Waals surface area contributed by atoms with E-state index in [9.17, 15) is 9.59 Å². The van der Waals surface area contributed by atoms with Crippen LogP contribution in [0.3, 0.4) is 0 Å². The van der Waals surface area contributed by atoms with Gasteiger partial charge in [-0.1, -0.05) is 6.07 Å². The molecule has 0 aliphatic carbocycles. The number of anilines is 2. The van der Waals surface area contributed by atoms with Crippen molar-refractivity contribution < 1.29 is 14.3 Å². The van der Waals surface area contributed by atoms with Crippen LogP contribution in [0, 0.1) is 0 Å². The van der Waals surface area contributed by atoms with Gasteiger partial charge in [0.15, 0.2) is 0 Å². The molecule has 0 saturated carbocycles. The number of rotatable bonds is 3. The van der Waals surface area contributed by atoms with Crippen molar-refractivity contribution in [1.29, 1.82) is 0 Å². The Morgan fingerprint density at radius 1 is 1.22 bits per heavy atom. The molecule has 27 heavy (non-hydrogen) atoms. The number of nitrogens with zero attached hydrogens (tertiary/aromatic N) is 2. The smallest absolute Gasteiger partial charge is 0.410 e. The molecule has 1 unspecified atom stereocenters. The second-order valence-corrected chi connectivity index (χ2v) is 8.35. The molecule has 3 rings (SSSR count). The number of piperidine rings is 1. The number of ether oxygens (including phenoxy) is 1. The number of hydrogen-bond donors (Lipinski definition) is 1. The standard InChI is InChI=1S/C21H31N3O3/c1-5-23-13-11-15-9-10-16(14-18(15)23)22-19(25)17-8-6-7-12-24(17)20(26)27-21(2,3)4/h9-10,14,17H,5-8,11-13H2,1-4H3,(H,22,25). The monoisotopic (exact) mass is 373 g/mol. The summed E-state index contributed by atoms with van der Waals surface area (Å²) in [5, 5.41) is 3.02. The summed E-state index contributed by atoms with van der Waals surface area (Å²) in [6.45, 7) is 10.2. The highest BCUT2D eigenvalue weighted by Gasteiger charge is 2.35. The van der Waals surface area contributed by atoms with Gasteiger partial charge in [0, 0.05) is 31.0 Å². The van der Waals surface area contributed by atoms with E-state index in [0.717, 1.165) is 38.0 Å². The fraction of sp³-hybridized carbons (Fsp3) is 0.619. The number of hydrogen-bond acceptors (Lipinski definition) is 4. The predicted molar refractivity (Wildman–Crippen MR) is 107 cm³/mol. The van der Waals surface area contributed by atoms with E-state index < -0.39 is 17.7 Å². The zero-order valence-electron chi connectivity index (χ0n) is 16.9. The molecular formula is C21H31N3O3. The van der Waals surface area contributed by atoms with Gasteiger partial charge in [0.25, 0.3) is 0 Å². The first-order valence-electron chi connectivity index (χ1n) is 9.97. The predicted octanol–water partition coefficient (Wildman–Crippen LogP) is 3.80. The maximum absolute atomic E-state index is 12.9. The van der Waals surface area contributed by atoms with Gasteiger partial charge in [0.1, 0.15) is 11.6 Å². The van der Waals surface area contributed by atoms with Crippen LogP contribution in [0.15, 0.2) is 18.2 Å². The van der Waals surface area contributed by atoms with Crippen molar-refractivity contribution in [1.82, 2.24) is 4.90 Å². The third-order valence-electron chi connectivity index (χ3n) is 5.16. The van der Waals surface area contributed by atoms with Crippen molar-refractivity contribution in [2.24, 2.45) is 0 Å². The summed E-state index contributed by atoms with van der Waals surface area (Å²) in [5.41, 5.74) is 2.73. The number of carbonyl (C=O) groups is 2. The lowest BCUT2D eigenvalue weighted by Crippen LogP contribution is -2.51. The minimum Gasteiger partial charge on any atom is -0.444 e. The summed E-state index contributed by atoms with van der Waals surface area (Å²) in [4.78, 5) is 29.4. The zero-order chi connectivity index (χ0) is 19.6. The highest BCUT2D eigenvalue weighted by molar-refractivity contribution is 5.97. The van der Waals surface area contributed by atoms with E-state index in [1.54, 1.807) is 4.90 Å². The van der Waals surface area contributed by atoms with Gasteiger partial charge in [-0.25, -0.2) is 4.79 Å². The molecule has 0 aromatic heterocycles. The molecule has 148 valence electrons. The normalized spacial score (nSPS) is 19.6. The largest absolute Gasteiger partial charge is 0.444 e. The van der Waals surface area contributed by atoms with Crippen LogP contribution in [-0.4, -0.2) is 48.2 Å². The molecule has 2 aliphatic heterocycles. The maximum Gasteiger partial charge on any atom is 0.410 e. The molecule has 2 amide bonds. The molecule has 1 N–H and O–H groups in total. The number of benzene rings is 1. The minimum atomic E-state index is -0.570.